The molecule has 2 aromatic carbocycles. The molecule has 1 aliphatic rings. The van der Waals surface area contributed by atoms with Gasteiger partial charge in [-0.3, -0.25) is 0 Å². The summed E-state index contributed by atoms with van der Waals surface area (Å²) < 4.78 is 2.52. The molecule has 0 unspecified atom stereocenters. The van der Waals surface area contributed by atoms with Gasteiger partial charge in [0.2, 0.25) is 0 Å². The number of thioether (sulfide) groups is 1. The Balaban J connectivity index is 1.98. The van der Waals surface area contributed by atoms with E-state index in [2.05, 4.69) is 72.1 Å². The van der Waals surface area contributed by atoms with Crippen LogP contribution in [0.1, 0.15) is 5.56 Å². The van der Waals surface area contributed by atoms with E-state index < -0.39 is 0 Å². The van der Waals surface area contributed by atoms with Crippen molar-refractivity contribution in [2.45, 2.75) is 17.2 Å². The predicted molar refractivity (Wildman–Crippen MR) is 95.5 cm³/mol. The van der Waals surface area contributed by atoms with Crippen molar-refractivity contribution >= 4 is 22.7 Å². The molecule has 0 saturated carbocycles. The number of hydrogen-bond acceptors (Lipinski definition) is 2. The lowest BCUT2D eigenvalue weighted by atomic mass is 10.1. The van der Waals surface area contributed by atoms with Gasteiger partial charge in [0.05, 0.1) is 5.69 Å². The van der Waals surface area contributed by atoms with Gasteiger partial charge in [-0.15, -0.1) is 11.8 Å². The number of aromatic nitrogens is 1. The molecule has 0 radical (unpaired) electrons. The number of rotatable bonds is 3. The van der Waals surface area contributed by atoms with Crippen molar-refractivity contribution in [3.8, 4) is 11.3 Å². The predicted octanol–water partition coefficient (Wildman–Crippen LogP) is 4.48. The van der Waals surface area contributed by atoms with Crippen LogP contribution in [0.2, 0.25) is 0 Å². The van der Waals surface area contributed by atoms with E-state index in [9.17, 15) is 0 Å². The lowest BCUT2D eigenvalue weighted by Gasteiger charge is -2.20. The van der Waals surface area contributed by atoms with Crippen LogP contribution in [-0.4, -0.2) is 30.1 Å². The zero-order valence-corrected chi connectivity index (χ0v) is 13.9. The van der Waals surface area contributed by atoms with Crippen molar-refractivity contribution in [3.63, 3.8) is 0 Å². The van der Waals surface area contributed by atoms with E-state index in [0.717, 1.165) is 18.8 Å². The van der Waals surface area contributed by atoms with E-state index in [-0.39, 0.29) is 0 Å². The Morgan fingerprint density at radius 3 is 2.68 bits per heavy atom. The fourth-order valence-corrected chi connectivity index (χ4v) is 4.39. The molecule has 3 aromatic rings. The number of likely N-dealkylation sites (N-methyl/N-ethyl adjacent to an activating group) is 1. The van der Waals surface area contributed by atoms with Gasteiger partial charge in [-0.05, 0) is 31.8 Å². The van der Waals surface area contributed by atoms with Crippen LogP contribution in [-0.2, 0) is 12.3 Å². The third-order valence-corrected chi connectivity index (χ3v) is 5.46. The molecule has 1 aromatic heterocycles. The van der Waals surface area contributed by atoms with Gasteiger partial charge in [0.15, 0.2) is 0 Å². The molecule has 0 bridgehead atoms. The molecule has 22 heavy (non-hydrogen) atoms. The number of benzene rings is 2. The van der Waals surface area contributed by atoms with Crippen molar-refractivity contribution in [2.24, 2.45) is 0 Å². The zero-order valence-electron chi connectivity index (χ0n) is 13.0. The number of para-hydroxylation sites is 1. The highest BCUT2D eigenvalue weighted by molar-refractivity contribution is 7.98. The summed E-state index contributed by atoms with van der Waals surface area (Å²) in [5.41, 5.74) is 5.69. The largest absolute Gasteiger partial charge is 0.339 e. The molecule has 0 N–H and O–H groups in total. The quantitative estimate of drug-likeness (QED) is 0.705. The van der Waals surface area contributed by atoms with Crippen LogP contribution in [0.3, 0.4) is 0 Å². The second kappa shape index (κ2) is 5.49. The lowest BCUT2D eigenvalue weighted by Crippen LogP contribution is -2.19. The first-order chi connectivity index (χ1) is 10.8. The van der Waals surface area contributed by atoms with Crippen molar-refractivity contribution in [2.75, 3.05) is 20.6 Å². The summed E-state index contributed by atoms with van der Waals surface area (Å²) in [7, 11) is 4.28. The molecular formula is C19H20N2S. The molecule has 0 saturated heterocycles. The number of fused-ring (bicyclic) bond motifs is 5. The van der Waals surface area contributed by atoms with E-state index in [4.69, 9.17) is 0 Å². The van der Waals surface area contributed by atoms with Gasteiger partial charge in [0, 0.05) is 40.2 Å². The first-order valence-electron chi connectivity index (χ1n) is 7.73. The molecule has 3 heteroatoms. The Labute approximate surface area is 135 Å². The van der Waals surface area contributed by atoms with Gasteiger partial charge in [0.1, 0.15) is 0 Å². The Morgan fingerprint density at radius 2 is 1.82 bits per heavy atom. The highest BCUT2D eigenvalue weighted by atomic mass is 32.2. The zero-order chi connectivity index (χ0) is 15.1. The number of nitrogens with zero attached hydrogens (tertiary/aromatic N) is 2. The van der Waals surface area contributed by atoms with Crippen LogP contribution in [0.5, 0.6) is 0 Å². The molecule has 0 atom stereocenters. The normalized spacial score (nSPS) is 13.4. The van der Waals surface area contributed by atoms with Gasteiger partial charge in [-0.25, -0.2) is 0 Å². The Hall–Kier alpha value is -1.71. The topological polar surface area (TPSA) is 8.17 Å². The maximum Gasteiger partial charge on any atom is 0.0544 e. The molecule has 0 amide bonds. The molecule has 2 nitrogen and oxygen atoms in total. The Bertz CT molecular complexity index is 833. The molecule has 0 aliphatic carbocycles. The van der Waals surface area contributed by atoms with Gasteiger partial charge >= 0.3 is 0 Å². The fraction of sp³-hybridized carbons (Fsp3) is 0.263. The van der Waals surface area contributed by atoms with Crippen molar-refractivity contribution in [1.82, 2.24) is 9.47 Å². The minimum atomic E-state index is 1.03. The third kappa shape index (κ3) is 2.16. The number of hydrogen-bond donors (Lipinski definition) is 0. The Kier molecular flexibility index (Phi) is 3.47. The monoisotopic (exact) mass is 308 g/mol. The highest BCUT2D eigenvalue weighted by Crippen LogP contribution is 2.45. The van der Waals surface area contributed by atoms with Gasteiger partial charge in [0.25, 0.3) is 0 Å². The van der Waals surface area contributed by atoms with Crippen LogP contribution >= 0.6 is 11.8 Å². The third-order valence-electron chi connectivity index (χ3n) is 4.36. The second-order valence-electron chi connectivity index (χ2n) is 6.08. The average molecular weight is 308 g/mol. The van der Waals surface area contributed by atoms with E-state index >= 15 is 0 Å². The molecule has 0 spiro atoms. The highest BCUT2D eigenvalue weighted by Gasteiger charge is 2.24. The summed E-state index contributed by atoms with van der Waals surface area (Å²) in [6, 6.07) is 17.7. The van der Waals surface area contributed by atoms with Crippen LogP contribution in [0.15, 0.2) is 53.4 Å². The van der Waals surface area contributed by atoms with E-state index in [1.54, 1.807) is 0 Å². The molecule has 1 aliphatic heterocycles. The summed E-state index contributed by atoms with van der Waals surface area (Å²) in [6.07, 6.45) is 0. The summed E-state index contributed by atoms with van der Waals surface area (Å²) in [6.45, 7) is 2.09. The van der Waals surface area contributed by atoms with Crippen LogP contribution in [0.4, 0.5) is 0 Å². The maximum atomic E-state index is 2.52. The molecule has 2 heterocycles. The molecule has 112 valence electrons. The van der Waals surface area contributed by atoms with E-state index in [0.29, 0.717) is 0 Å². The molecule has 4 rings (SSSR count). The first kappa shape index (κ1) is 13.9. The van der Waals surface area contributed by atoms with E-state index in [1.165, 1.54) is 32.6 Å². The van der Waals surface area contributed by atoms with Crippen molar-refractivity contribution < 1.29 is 0 Å². The molecule has 0 fully saturated rings. The summed E-state index contributed by atoms with van der Waals surface area (Å²) in [4.78, 5) is 3.66. The van der Waals surface area contributed by atoms with Gasteiger partial charge in [-0.2, -0.15) is 0 Å². The lowest BCUT2D eigenvalue weighted by molar-refractivity contribution is 0.387. The van der Waals surface area contributed by atoms with E-state index in [1.807, 2.05) is 11.8 Å². The summed E-state index contributed by atoms with van der Waals surface area (Å²) >= 11 is 1.96. The fourth-order valence-electron chi connectivity index (χ4n) is 3.30. The average Bonchev–Trinajstić information content (AvgIpc) is 2.87. The standard InChI is InChI=1S/C19H20N2S/c1-20(2)11-12-21-17-9-5-3-7-14(17)16-13-22-18-10-6-4-8-15(18)19(16)21/h3-10H,11-13H2,1-2H3. The van der Waals surface area contributed by atoms with Gasteiger partial charge < -0.3 is 9.47 Å². The second-order valence-corrected chi connectivity index (χ2v) is 7.10. The summed E-state index contributed by atoms with van der Waals surface area (Å²) in [5, 5.41) is 1.42. The van der Waals surface area contributed by atoms with Crippen LogP contribution in [0.25, 0.3) is 22.2 Å². The summed E-state index contributed by atoms with van der Waals surface area (Å²) in [5.74, 6) is 1.07. The minimum absolute atomic E-state index is 1.03. The van der Waals surface area contributed by atoms with Crippen LogP contribution in [0, 0.1) is 0 Å². The maximum absolute atomic E-state index is 2.52. The van der Waals surface area contributed by atoms with Crippen molar-refractivity contribution in [1.29, 1.82) is 0 Å². The van der Waals surface area contributed by atoms with Crippen LogP contribution < -0.4 is 0 Å². The molecular weight excluding hydrogens is 288 g/mol. The minimum Gasteiger partial charge on any atom is -0.339 e. The SMILES string of the molecule is CN(C)CCn1c2c(c3ccccc31)CSc1ccccc1-2. The Morgan fingerprint density at radius 1 is 1.05 bits per heavy atom. The van der Waals surface area contributed by atoms with Crippen molar-refractivity contribution in [3.05, 3.63) is 54.1 Å². The first-order valence-corrected chi connectivity index (χ1v) is 8.71. The van der Waals surface area contributed by atoms with Gasteiger partial charge in [-0.1, -0.05) is 36.4 Å². The smallest absolute Gasteiger partial charge is 0.0544 e.